The molecule has 1 unspecified atom stereocenters. The van der Waals surface area contributed by atoms with E-state index >= 15 is 0 Å². The van der Waals surface area contributed by atoms with E-state index < -0.39 is 0 Å². The van der Waals surface area contributed by atoms with Crippen molar-refractivity contribution >= 4 is 23.2 Å². The van der Waals surface area contributed by atoms with E-state index in [1.807, 2.05) is 24.3 Å². The summed E-state index contributed by atoms with van der Waals surface area (Å²) in [5.74, 6) is 1.33. The van der Waals surface area contributed by atoms with Gasteiger partial charge in [-0.15, -0.1) is 0 Å². The monoisotopic (exact) mass is 295 g/mol. The molecule has 0 spiro atoms. The molecule has 4 heteroatoms. The van der Waals surface area contributed by atoms with E-state index in [2.05, 4.69) is 6.92 Å². The predicted molar refractivity (Wildman–Crippen MR) is 80.2 cm³/mol. The Hall–Kier alpha value is -1.22. The second-order valence-electron chi connectivity index (χ2n) is 4.29. The molecule has 0 aromatic heterocycles. The average Bonchev–Trinajstić information content (AvgIpc) is 2.37. The van der Waals surface area contributed by atoms with Crippen molar-refractivity contribution in [2.24, 2.45) is 5.73 Å². The second kappa shape index (κ2) is 6.29. The third-order valence-electron chi connectivity index (χ3n) is 2.80. The maximum Gasteiger partial charge on any atom is 0.130 e. The Balaban J connectivity index is 2.23. The zero-order chi connectivity index (χ0) is 13.8. The summed E-state index contributed by atoms with van der Waals surface area (Å²) >= 11 is 11.9. The molecule has 0 amide bonds. The SMILES string of the molecule is CCC(N)c1cccc(Oc2cc(Cl)cc(Cl)c2)c1. The van der Waals surface area contributed by atoms with E-state index in [4.69, 9.17) is 33.7 Å². The van der Waals surface area contributed by atoms with E-state index in [9.17, 15) is 0 Å². The lowest BCUT2D eigenvalue weighted by atomic mass is 10.1. The van der Waals surface area contributed by atoms with Crippen LogP contribution in [0, 0.1) is 0 Å². The molecule has 100 valence electrons. The van der Waals surface area contributed by atoms with Crippen molar-refractivity contribution in [1.82, 2.24) is 0 Å². The van der Waals surface area contributed by atoms with E-state index in [0.29, 0.717) is 15.8 Å². The Labute approximate surface area is 123 Å². The first kappa shape index (κ1) is 14.2. The van der Waals surface area contributed by atoms with Gasteiger partial charge in [0.05, 0.1) is 0 Å². The van der Waals surface area contributed by atoms with E-state index in [1.165, 1.54) is 0 Å². The first-order valence-corrected chi connectivity index (χ1v) is 6.83. The standard InChI is InChI=1S/C15H15Cl2NO/c1-2-15(18)10-4-3-5-13(6-10)19-14-8-11(16)7-12(17)9-14/h3-9,15H,2,18H2,1H3. The number of rotatable bonds is 4. The van der Waals surface area contributed by atoms with E-state index in [-0.39, 0.29) is 6.04 Å². The number of ether oxygens (including phenoxy) is 1. The van der Waals surface area contributed by atoms with Gasteiger partial charge < -0.3 is 10.5 Å². The van der Waals surface area contributed by atoms with Crippen LogP contribution in [0.3, 0.4) is 0 Å². The van der Waals surface area contributed by atoms with Crippen LogP contribution >= 0.6 is 23.2 Å². The van der Waals surface area contributed by atoms with Crippen LogP contribution in [0.5, 0.6) is 11.5 Å². The van der Waals surface area contributed by atoms with Gasteiger partial charge in [-0.25, -0.2) is 0 Å². The van der Waals surface area contributed by atoms with Crippen LogP contribution in [0.15, 0.2) is 42.5 Å². The molecule has 0 saturated carbocycles. The highest BCUT2D eigenvalue weighted by atomic mass is 35.5. The van der Waals surface area contributed by atoms with Crippen molar-refractivity contribution < 1.29 is 4.74 Å². The van der Waals surface area contributed by atoms with Crippen molar-refractivity contribution in [3.05, 3.63) is 58.1 Å². The van der Waals surface area contributed by atoms with Crippen molar-refractivity contribution in [2.45, 2.75) is 19.4 Å². The molecule has 0 aliphatic rings. The Morgan fingerprint density at radius 2 is 1.74 bits per heavy atom. The summed E-state index contributed by atoms with van der Waals surface area (Å²) in [5, 5.41) is 1.09. The van der Waals surface area contributed by atoms with Gasteiger partial charge in [-0.2, -0.15) is 0 Å². The fourth-order valence-corrected chi connectivity index (χ4v) is 2.27. The molecule has 0 fully saturated rings. The second-order valence-corrected chi connectivity index (χ2v) is 5.17. The molecule has 0 heterocycles. The molecule has 2 N–H and O–H groups in total. The summed E-state index contributed by atoms with van der Waals surface area (Å²) in [7, 11) is 0. The highest BCUT2D eigenvalue weighted by Crippen LogP contribution is 2.29. The van der Waals surface area contributed by atoms with Gasteiger partial charge in [-0.3, -0.25) is 0 Å². The highest BCUT2D eigenvalue weighted by molar-refractivity contribution is 6.34. The normalized spacial score (nSPS) is 12.2. The third-order valence-corrected chi connectivity index (χ3v) is 3.23. The minimum Gasteiger partial charge on any atom is -0.457 e. The smallest absolute Gasteiger partial charge is 0.130 e. The number of nitrogens with two attached hydrogens (primary N) is 1. The first-order valence-electron chi connectivity index (χ1n) is 6.08. The van der Waals surface area contributed by atoms with Crippen molar-refractivity contribution in [3.8, 4) is 11.5 Å². The zero-order valence-corrected chi connectivity index (χ0v) is 12.1. The summed E-state index contributed by atoms with van der Waals surface area (Å²) in [6, 6.07) is 12.9. The lowest BCUT2D eigenvalue weighted by Gasteiger charge is -2.12. The number of hydrogen-bond acceptors (Lipinski definition) is 2. The Morgan fingerprint density at radius 3 is 2.37 bits per heavy atom. The maximum atomic E-state index is 6.01. The summed E-state index contributed by atoms with van der Waals surface area (Å²) in [4.78, 5) is 0. The van der Waals surface area contributed by atoms with Crippen LogP contribution in [0.1, 0.15) is 24.9 Å². The molecule has 0 aliphatic carbocycles. The lowest BCUT2D eigenvalue weighted by Crippen LogP contribution is -2.08. The fourth-order valence-electron chi connectivity index (χ4n) is 1.77. The highest BCUT2D eigenvalue weighted by Gasteiger charge is 2.06. The molecule has 0 radical (unpaired) electrons. The van der Waals surface area contributed by atoms with Crippen LogP contribution < -0.4 is 10.5 Å². The molecule has 0 aliphatic heterocycles. The quantitative estimate of drug-likeness (QED) is 0.842. The summed E-state index contributed by atoms with van der Waals surface area (Å²) in [6.45, 7) is 2.05. The Kier molecular flexibility index (Phi) is 4.70. The minimum atomic E-state index is 0.0199. The van der Waals surface area contributed by atoms with Gasteiger partial charge in [0.15, 0.2) is 0 Å². The van der Waals surface area contributed by atoms with Crippen molar-refractivity contribution in [2.75, 3.05) is 0 Å². The van der Waals surface area contributed by atoms with Gasteiger partial charge in [-0.05, 0) is 42.3 Å². The molecular formula is C15H15Cl2NO. The predicted octanol–water partition coefficient (Wildman–Crippen LogP) is 5.20. The molecule has 2 aromatic carbocycles. The molecule has 2 aromatic rings. The van der Waals surface area contributed by atoms with Crippen LogP contribution in [0.2, 0.25) is 10.0 Å². The van der Waals surface area contributed by atoms with Crippen LogP contribution in [0.25, 0.3) is 0 Å². The molecule has 19 heavy (non-hydrogen) atoms. The Morgan fingerprint density at radius 1 is 1.05 bits per heavy atom. The van der Waals surface area contributed by atoms with Gasteiger partial charge >= 0.3 is 0 Å². The zero-order valence-electron chi connectivity index (χ0n) is 10.6. The molecule has 2 nitrogen and oxygen atoms in total. The molecular weight excluding hydrogens is 281 g/mol. The number of benzene rings is 2. The molecule has 0 bridgehead atoms. The van der Waals surface area contributed by atoms with Gasteiger partial charge in [0.25, 0.3) is 0 Å². The van der Waals surface area contributed by atoms with Gasteiger partial charge in [0.1, 0.15) is 11.5 Å². The van der Waals surface area contributed by atoms with Crippen LogP contribution in [-0.4, -0.2) is 0 Å². The van der Waals surface area contributed by atoms with E-state index in [1.54, 1.807) is 18.2 Å². The van der Waals surface area contributed by atoms with Gasteiger partial charge in [-0.1, -0.05) is 42.3 Å². The molecule has 2 rings (SSSR count). The van der Waals surface area contributed by atoms with Gasteiger partial charge in [0.2, 0.25) is 0 Å². The topological polar surface area (TPSA) is 35.2 Å². The minimum absolute atomic E-state index is 0.0199. The maximum absolute atomic E-state index is 6.01. The van der Waals surface area contributed by atoms with Crippen molar-refractivity contribution in [3.63, 3.8) is 0 Å². The average molecular weight is 296 g/mol. The first-order chi connectivity index (χ1) is 9.08. The molecule has 1 atom stereocenters. The van der Waals surface area contributed by atoms with E-state index in [0.717, 1.165) is 17.7 Å². The summed E-state index contributed by atoms with van der Waals surface area (Å²) in [6.07, 6.45) is 0.881. The molecule has 0 saturated heterocycles. The van der Waals surface area contributed by atoms with Gasteiger partial charge in [0, 0.05) is 16.1 Å². The summed E-state index contributed by atoms with van der Waals surface area (Å²) < 4.78 is 5.75. The van der Waals surface area contributed by atoms with Crippen LogP contribution in [0.4, 0.5) is 0 Å². The largest absolute Gasteiger partial charge is 0.457 e. The lowest BCUT2D eigenvalue weighted by molar-refractivity contribution is 0.481. The Bertz CT molecular complexity index is 552. The fraction of sp³-hybridized carbons (Fsp3) is 0.200. The van der Waals surface area contributed by atoms with Crippen LogP contribution in [-0.2, 0) is 0 Å². The van der Waals surface area contributed by atoms with Crippen molar-refractivity contribution in [1.29, 1.82) is 0 Å². The number of halogens is 2. The number of hydrogen-bond donors (Lipinski definition) is 1. The third kappa shape index (κ3) is 3.87. The summed E-state index contributed by atoms with van der Waals surface area (Å²) in [5.41, 5.74) is 7.06.